The van der Waals surface area contributed by atoms with Crippen molar-refractivity contribution in [3.63, 3.8) is 0 Å². The third kappa shape index (κ3) is 2.12. The van der Waals surface area contributed by atoms with Crippen LogP contribution in [0.2, 0.25) is 0 Å². The first-order chi connectivity index (χ1) is 10.2. The molecule has 110 valence electrons. The Morgan fingerprint density at radius 3 is 2.81 bits per heavy atom. The number of pyridine rings is 1. The second-order valence-electron chi connectivity index (χ2n) is 6.14. The number of hydrogen-bond acceptors (Lipinski definition) is 4. The van der Waals surface area contributed by atoms with Gasteiger partial charge in [0.25, 0.3) is 0 Å². The quantitative estimate of drug-likeness (QED) is 0.793. The zero-order valence-corrected chi connectivity index (χ0v) is 12.1. The summed E-state index contributed by atoms with van der Waals surface area (Å²) in [5, 5.41) is 4.19. The standard InChI is InChI=1S/C16H19N3O2/c1-18-11-5-6-12(18)9-13(8-11)21-16(20)14-10-17-19-7-3-2-4-15(14)19/h2-4,7,10-13H,5-6,8-9H2,1H3/t11-,12+,13?. The van der Waals surface area contributed by atoms with Crippen LogP contribution in [0.4, 0.5) is 0 Å². The fourth-order valence-corrected chi connectivity index (χ4v) is 3.76. The number of ether oxygens (including phenoxy) is 1. The SMILES string of the molecule is CN1[C@@H]2CC[C@H]1CC(OC(=O)c1cnn3ccccc13)C2. The van der Waals surface area contributed by atoms with E-state index in [0.717, 1.165) is 18.4 Å². The summed E-state index contributed by atoms with van der Waals surface area (Å²) in [6.07, 6.45) is 7.85. The Bertz CT molecular complexity index is 667. The van der Waals surface area contributed by atoms with Crippen LogP contribution in [-0.2, 0) is 4.74 Å². The summed E-state index contributed by atoms with van der Waals surface area (Å²) in [7, 11) is 2.19. The summed E-state index contributed by atoms with van der Waals surface area (Å²) in [6.45, 7) is 0. The molecular formula is C16H19N3O2. The second kappa shape index (κ2) is 4.84. The van der Waals surface area contributed by atoms with Gasteiger partial charge in [0.05, 0.1) is 11.7 Å². The first-order valence-corrected chi connectivity index (χ1v) is 7.57. The molecule has 5 nitrogen and oxygen atoms in total. The fraction of sp³-hybridized carbons (Fsp3) is 0.500. The van der Waals surface area contributed by atoms with Crippen LogP contribution in [0.5, 0.6) is 0 Å². The van der Waals surface area contributed by atoms with Crippen molar-refractivity contribution >= 4 is 11.5 Å². The van der Waals surface area contributed by atoms with Crippen molar-refractivity contribution in [2.75, 3.05) is 7.05 Å². The molecule has 0 aliphatic carbocycles. The minimum absolute atomic E-state index is 0.0462. The summed E-state index contributed by atoms with van der Waals surface area (Å²) >= 11 is 0. The van der Waals surface area contributed by atoms with Gasteiger partial charge >= 0.3 is 5.97 Å². The molecule has 2 aromatic rings. The third-order valence-corrected chi connectivity index (χ3v) is 4.98. The minimum atomic E-state index is -0.245. The predicted octanol–water partition coefficient (Wildman–Crippen LogP) is 2.12. The maximum absolute atomic E-state index is 12.4. The maximum Gasteiger partial charge on any atom is 0.342 e. The number of rotatable bonds is 2. The van der Waals surface area contributed by atoms with Gasteiger partial charge in [-0.25, -0.2) is 9.31 Å². The Hall–Kier alpha value is -1.88. The van der Waals surface area contributed by atoms with Gasteiger partial charge in [0.1, 0.15) is 11.7 Å². The lowest BCUT2D eigenvalue weighted by Gasteiger charge is -2.35. The van der Waals surface area contributed by atoms with Gasteiger partial charge in [0, 0.05) is 31.1 Å². The minimum Gasteiger partial charge on any atom is -0.459 e. The smallest absolute Gasteiger partial charge is 0.342 e. The Balaban J connectivity index is 1.51. The molecule has 0 radical (unpaired) electrons. The number of aromatic nitrogens is 2. The van der Waals surface area contributed by atoms with E-state index in [0.29, 0.717) is 17.6 Å². The maximum atomic E-state index is 12.4. The molecule has 3 atom stereocenters. The lowest BCUT2D eigenvalue weighted by molar-refractivity contribution is -0.000267. The summed E-state index contributed by atoms with van der Waals surface area (Å²) in [5.74, 6) is -0.245. The van der Waals surface area contributed by atoms with E-state index < -0.39 is 0 Å². The Labute approximate surface area is 123 Å². The Morgan fingerprint density at radius 2 is 2.05 bits per heavy atom. The van der Waals surface area contributed by atoms with Gasteiger partial charge in [-0.15, -0.1) is 0 Å². The van der Waals surface area contributed by atoms with Gasteiger partial charge < -0.3 is 9.64 Å². The van der Waals surface area contributed by atoms with Gasteiger partial charge in [-0.3, -0.25) is 0 Å². The highest BCUT2D eigenvalue weighted by molar-refractivity contribution is 5.96. The third-order valence-electron chi connectivity index (χ3n) is 4.98. The van der Waals surface area contributed by atoms with Crippen molar-refractivity contribution < 1.29 is 9.53 Å². The van der Waals surface area contributed by atoms with E-state index in [4.69, 9.17) is 4.74 Å². The molecule has 21 heavy (non-hydrogen) atoms. The fourth-order valence-electron chi connectivity index (χ4n) is 3.76. The normalized spacial score (nSPS) is 28.9. The number of hydrogen-bond donors (Lipinski definition) is 0. The lowest BCUT2D eigenvalue weighted by atomic mass is 10.0. The van der Waals surface area contributed by atoms with E-state index in [1.807, 2.05) is 24.4 Å². The van der Waals surface area contributed by atoms with E-state index in [1.54, 1.807) is 10.7 Å². The van der Waals surface area contributed by atoms with Crippen molar-refractivity contribution in [2.24, 2.45) is 0 Å². The topological polar surface area (TPSA) is 46.8 Å². The summed E-state index contributed by atoms with van der Waals surface area (Å²) in [5.41, 5.74) is 1.36. The molecule has 2 fully saturated rings. The summed E-state index contributed by atoms with van der Waals surface area (Å²) < 4.78 is 7.46. The highest BCUT2D eigenvalue weighted by Gasteiger charge is 2.40. The number of fused-ring (bicyclic) bond motifs is 3. The summed E-state index contributed by atoms with van der Waals surface area (Å²) in [4.78, 5) is 14.9. The molecule has 0 N–H and O–H groups in total. The van der Waals surface area contributed by atoms with Crippen LogP contribution in [0.1, 0.15) is 36.0 Å². The van der Waals surface area contributed by atoms with E-state index in [9.17, 15) is 4.79 Å². The van der Waals surface area contributed by atoms with E-state index in [2.05, 4.69) is 17.0 Å². The molecular weight excluding hydrogens is 266 g/mol. The van der Waals surface area contributed by atoms with Crippen LogP contribution in [0.3, 0.4) is 0 Å². The molecule has 0 aromatic carbocycles. The number of esters is 1. The first-order valence-electron chi connectivity index (χ1n) is 7.57. The van der Waals surface area contributed by atoms with Crippen LogP contribution in [0.25, 0.3) is 5.52 Å². The lowest BCUT2D eigenvalue weighted by Crippen LogP contribution is -2.43. The number of carbonyl (C=O) groups excluding carboxylic acids is 1. The van der Waals surface area contributed by atoms with Gasteiger partial charge in [-0.05, 0) is 32.0 Å². The average Bonchev–Trinajstić information content (AvgIpc) is 2.98. The molecule has 2 saturated heterocycles. The van der Waals surface area contributed by atoms with Crippen LogP contribution in [0, 0.1) is 0 Å². The molecule has 2 bridgehead atoms. The molecule has 4 heterocycles. The molecule has 2 aliphatic rings. The monoisotopic (exact) mass is 285 g/mol. The molecule has 5 heteroatoms. The van der Waals surface area contributed by atoms with Crippen molar-refractivity contribution in [3.8, 4) is 0 Å². The largest absolute Gasteiger partial charge is 0.459 e. The molecule has 0 amide bonds. The highest BCUT2D eigenvalue weighted by Crippen LogP contribution is 2.35. The van der Waals surface area contributed by atoms with Gasteiger partial charge in [0.2, 0.25) is 0 Å². The van der Waals surface area contributed by atoms with Crippen LogP contribution >= 0.6 is 0 Å². The van der Waals surface area contributed by atoms with Crippen LogP contribution < -0.4 is 0 Å². The van der Waals surface area contributed by atoms with Gasteiger partial charge in [-0.2, -0.15) is 5.10 Å². The second-order valence-corrected chi connectivity index (χ2v) is 6.14. The van der Waals surface area contributed by atoms with Gasteiger partial charge in [0.15, 0.2) is 0 Å². The molecule has 1 unspecified atom stereocenters. The highest BCUT2D eigenvalue weighted by atomic mass is 16.5. The predicted molar refractivity (Wildman–Crippen MR) is 78.2 cm³/mol. The number of piperidine rings is 1. The van der Waals surface area contributed by atoms with E-state index in [1.165, 1.54) is 12.8 Å². The van der Waals surface area contributed by atoms with Crippen molar-refractivity contribution in [2.45, 2.75) is 43.9 Å². The molecule has 0 saturated carbocycles. The molecule has 2 aliphatic heterocycles. The van der Waals surface area contributed by atoms with Crippen LogP contribution in [-0.4, -0.2) is 45.7 Å². The van der Waals surface area contributed by atoms with Crippen LogP contribution in [0.15, 0.2) is 30.6 Å². The van der Waals surface area contributed by atoms with Crippen molar-refractivity contribution in [3.05, 3.63) is 36.2 Å². The van der Waals surface area contributed by atoms with E-state index in [-0.39, 0.29) is 12.1 Å². The van der Waals surface area contributed by atoms with E-state index >= 15 is 0 Å². The zero-order valence-electron chi connectivity index (χ0n) is 12.1. The Kier molecular flexibility index (Phi) is 2.96. The Morgan fingerprint density at radius 1 is 1.29 bits per heavy atom. The average molecular weight is 285 g/mol. The van der Waals surface area contributed by atoms with Crippen molar-refractivity contribution in [1.29, 1.82) is 0 Å². The first kappa shape index (κ1) is 12.8. The molecule has 2 aromatic heterocycles. The summed E-state index contributed by atoms with van der Waals surface area (Å²) in [6, 6.07) is 6.84. The van der Waals surface area contributed by atoms with Gasteiger partial charge in [-0.1, -0.05) is 6.07 Å². The zero-order chi connectivity index (χ0) is 14.4. The van der Waals surface area contributed by atoms with Crippen molar-refractivity contribution in [1.82, 2.24) is 14.5 Å². The molecule has 4 rings (SSSR count). The molecule has 0 spiro atoms. The number of nitrogens with zero attached hydrogens (tertiary/aromatic N) is 3. The number of carbonyl (C=O) groups is 1.